The average Bonchev–Trinajstić information content (AvgIpc) is 2.64. The van der Waals surface area contributed by atoms with Crippen LogP contribution in [0.4, 0.5) is 27.7 Å². The van der Waals surface area contributed by atoms with Crippen LogP contribution in [0.5, 0.6) is 0 Å². The highest BCUT2D eigenvalue weighted by atomic mass is 16.2. The molecule has 0 aliphatic rings. The van der Waals surface area contributed by atoms with Crippen LogP contribution in [-0.4, -0.2) is 16.0 Å². The van der Waals surface area contributed by atoms with E-state index < -0.39 is 0 Å². The van der Waals surface area contributed by atoms with Gasteiger partial charge < -0.3 is 21.7 Å². The molecule has 7 heteroatoms. The first kappa shape index (κ1) is 16.3. The summed E-state index contributed by atoms with van der Waals surface area (Å²) in [5.41, 5.74) is 8.58. The Kier molecular flexibility index (Phi) is 5.06. The van der Waals surface area contributed by atoms with E-state index in [0.717, 1.165) is 5.56 Å². The Morgan fingerprint density at radius 3 is 2.48 bits per heavy atom. The monoisotopic (exact) mass is 334 g/mol. The number of amides is 2. The molecule has 2 aromatic heterocycles. The fourth-order valence-electron chi connectivity index (χ4n) is 2.18. The van der Waals surface area contributed by atoms with Crippen molar-refractivity contribution in [3.05, 3.63) is 72.7 Å². The number of pyridine rings is 2. The lowest BCUT2D eigenvalue weighted by Gasteiger charge is -2.12. The Labute approximate surface area is 145 Å². The quantitative estimate of drug-likeness (QED) is 0.536. The van der Waals surface area contributed by atoms with Gasteiger partial charge in [-0.2, -0.15) is 0 Å². The average molecular weight is 334 g/mol. The van der Waals surface area contributed by atoms with Crippen LogP contribution >= 0.6 is 0 Å². The van der Waals surface area contributed by atoms with Crippen LogP contribution in [0.3, 0.4) is 0 Å². The number of nitrogens with two attached hydrogens (primary N) is 1. The zero-order chi connectivity index (χ0) is 17.5. The maximum absolute atomic E-state index is 12.2. The van der Waals surface area contributed by atoms with Gasteiger partial charge in [0.05, 0.1) is 5.69 Å². The van der Waals surface area contributed by atoms with Gasteiger partial charge in [-0.15, -0.1) is 0 Å². The molecule has 0 aliphatic carbocycles. The molecule has 0 fully saturated rings. The maximum Gasteiger partial charge on any atom is 0.323 e. The Morgan fingerprint density at radius 1 is 0.960 bits per heavy atom. The third-order valence-electron chi connectivity index (χ3n) is 3.43. The van der Waals surface area contributed by atoms with Crippen LogP contribution in [0.1, 0.15) is 5.56 Å². The van der Waals surface area contributed by atoms with E-state index in [0.29, 0.717) is 29.4 Å². The van der Waals surface area contributed by atoms with E-state index in [1.165, 1.54) is 0 Å². The third kappa shape index (κ3) is 4.68. The van der Waals surface area contributed by atoms with Gasteiger partial charge in [0.15, 0.2) is 0 Å². The minimum Gasteiger partial charge on any atom is -0.399 e. The number of benzene rings is 1. The molecule has 7 nitrogen and oxygen atoms in total. The standard InChI is InChI=1S/C18H18N6O/c19-14-3-5-15(6-4-14)23-18(25)24-16-2-1-9-21-17(16)22-12-13-7-10-20-11-8-13/h1-11H,12,19H2,(H,21,22)(H2,23,24,25). The number of aromatic nitrogens is 2. The molecule has 1 aromatic carbocycles. The summed E-state index contributed by atoms with van der Waals surface area (Å²) in [5, 5.41) is 8.75. The summed E-state index contributed by atoms with van der Waals surface area (Å²) < 4.78 is 0. The predicted octanol–water partition coefficient (Wildman–Crippen LogP) is 3.31. The number of nitrogens with one attached hydrogen (secondary N) is 3. The predicted molar refractivity (Wildman–Crippen MR) is 99.3 cm³/mol. The SMILES string of the molecule is Nc1ccc(NC(=O)Nc2cccnc2NCc2ccncc2)cc1. The van der Waals surface area contributed by atoms with Crippen molar-refractivity contribution in [2.45, 2.75) is 6.54 Å². The fraction of sp³-hybridized carbons (Fsp3) is 0.0556. The zero-order valence-corrected chi connectivity index (χ0v) is 13.4. The van der Waals surface area contributed by atoms with Gasteiger partial charge in [0.2, 0.25) is 0 Å². The molecule has 0 aliphatic heterocycles. The molecule has 3 rings (SSSR count). The first-order valence-corrected chi connectivity index (χ1v) is 7.72. The second-order valence-electron chi connectivity index (χ2n) is 5.31. The van der Waals surface area contributed by atoms with Crippen molar-refractivity contribution in [1.82, 2.24) is 9.97 Å². The number of nitrogens with zero attached hydrogens (tertiary/aromatic N) is 2. The molecular weight excluding hydrogens is 316 g/mol. The van der Waals surface area contributed by atoms with Gasteiger partial charge in [0, 0.05) is 36.5 Å². The van der Waals surface area contributed by atoms with Gasteiger partial charge in [-0.1, -0.05) is 0 Å². The molecular formula is C18H18N6O. The Bertz CT molecular complexity index is 836. The number of rotatable bonds is 5. The molecule has 0 spiro atoms. The van der Waals surface area contributed by atoms with Crippen molar-refractivity contribution < 1.29 is 4.79 Å². The van der Waals surface area contributed by atoms with Gasteiger partial charge in [0.25, 0.3) is 0 Å². The second-order valence-corrected chi connectivity index (χ2v) is 5.31. The van der Waals surface area contributed by atoms with Crippen LogP contribution in [0, 0.1) is 0 Å². The van der Waals surface area contributed by atoms with Crippen LogP contribution < -0.4 is 21.7 Å². The summed E-state index contributed by atoms with van der Waals surface area (Å²) in [5.74, 6) is 0.590. The number of carbonyl (C=O) groups excluding carboxylic acids is 1. The molecule has 126 valence electrons. The first-order valence-electron chi connectivity index (χ1n) is 7.72. The van der Waals surface area contributed by atoms with E-state index in [-0.39, 0.29) is 6.03 Å². The Hall–Kier alpha value is -3.61. The number of carbonyl (C=O) groups is 1. The molecule has 0 bridgehead atoms. The number of hydrogen-bond donors (Lipinski definition) is 4. The lowest BCUT2D eigenvalue weighted by Crippen LogP contribution is -2.20. The molecule has 2 heterocycles. The summed E-state index contributed by atoms with van der Waals surface area (Å²) in [7, 11) is 0. The molecule has 2 amide bonds. The van der Waals surface area contributed by atoms with Crippen LogP contribution in [-0.2, 0) is 6.54 Å². The summed E-state index contributed by atoms with van der Waals surface area (Å²) in [4.78, 5) is 20.4. The minimum atomic E-state index is -0.357. The summed E-state index contributed by atoms with van der Waals surface area (Å²) in [6, 6.07) is 13.9. The molecule has 0 radical (unpaired) electrons. The largest absolute Gasteiger partial charge is 0.399 e. The van der Waals surface area contributed by atoms with E-state index in [4.69, 9.17) is 5.73 Å². The Balaban J connectivity index is 1.63. The van der Waals surface area contributed by atoms with Crippen molar-refractivity contribution in [2.24, 2.45) is 0 Å². The topological polar surface area (TPSA) is 105 Å². The zero-order valence-electron chi connectivity index (χ0n) is 13.4. The van der Waals surface area contributed by atoms with Gasteiger partial charge >= 0.3 is 6.03 Å². The molecule has 0 saturated carbocycles. The van der Waals surface area contributed by atoms with Gasteiger partial charge in [-0.3, -0.25) is 4.98 Å². The highest BCUT2D eigenvalue weighted by Crippen LogP contribution is 2.19. The molecule has 0 atom stereocenters. The van der Waals surface area contributed by atoms with E-state index in [2.05, 4.69) is 25.9 Å². The number of nitrogen functional groups attached to an aromatic ring is 1. The fourth-order valence-corrected chi connectivity index (χ4v) is 2.18. The normalized spacial score (nSPS) is 10.1. The molecule has 0 unspecified atom stereocenters. The van der Waals surface area contributed by atoms with Crippen LogP contribution in [0.2, 0.25) is 0 Å². The molecule has 5 N–H and O–H groups in total. The smallest absolute Gasteiger partial charge is 0.323 e. The summed E-state index contributed by atoms with van der Waals surface area (Å²) >= 11 is 0. The van der Waals surface area contributed by atoms with E-state index in [9.17, 15) is 4.79 Å². The van der Waals surface area contributed by atoms with Gasteiger partial charge in [-0.05, 0) is 54.1 Å². The highest BCUT2D eigenvalue weighted by molar-refractivity contribution is 6.01. The van der Waals surface area contributed by atoms with Crippen molar-refractivity contribution >= 4 is 28.9 Å². The van der Waals surface area contributed by atoms with E-state index >= 15 is 0 Å². The van der Waals surface area contributed by atoms with Crippen LogP contribution in [0.15, 0.2) is 67.1 Å². The second kappa shape index (κ2) is 7.78. The number of urea groups is 1. The Morgan fingerprint density at radius 2 is 1.72 bits per heavy atom. The lowest BCUT2D eigenvalue weighted by atomic mass is 10.2. The van der Waals surface area contributed by atoms with Crippen molar-refractivity contribution in [2.75, 3.05) is 21.7 Å². The number of anilines is 4. The lowest BCUT2D eigenvalue weighted by molar-refractivity contribution is 0.262. The van der Waals surface area contributed by atoms with Crippen LogP contribution in [0.25, 0.3) is 0 Å². The van der Waals surface area contributed by atoms with Gasteiger partial charge in [0.1, 0.15) is 5.82 Å². The van der Waals surface area contributed by atoms with Crippen molar-refractivity contribution in [3.8, 4) is 0 Å². The maximum atomic E-state index is 12.2. The van der Waals surface area contributed by atoms with Crippen molar-refractivity contribution in [3.63, 3.8) is 0 Å². The van der Waals surface area contributed by atoms with Gasteiger partial charge in [-0.25, -0.2) is 9.78 Å². The third-order valence-corrected chi connectivity index (χ3v) is 3.43. The summed E-state index contributed by atoms with van der Waals surface area (Å²) in [6.45, 7) is 0.577. The van der Waals surface area contributed by atoms with E-state index in [1.807, 2.05) is 12.1 Å². The van der Waals surface area contributed by atoms with E-state index in [1.54, 1.807) is 55.0 Å². The summed E-state index contributed by atoms with van der Waals surface area (Å²) in [6.07, 6.45) is 5.13. The molecule has 25 heavy (non-hydrogen) atoms. The molecule has 3 aromatic rings. The number of hydrogen-bond acceptors (Lipinski definition) is 5. The minimum absolute atomic E-state index is 0.357. The highest BCUT2D eigenvalue weighted by Gasteiger charge is 2.08. The molecule has 0 saturated heterocycles. The van der Waals surface area contributed by atoms with Crippen molar-refractivity contribution in [1.29, 1.82) is 0 Å². The first-order chi connectivity index (χ1) is 12.2.